The third kappa shape index (κ3) is 5.58. The lowest BCUT2D eigenvalue weighted by molar-refractivity contribution is 0.670. The number of anilines is 5. The normalized spacial score (nSPS) is 15.5. The van der Waals surface area contributed by atoms with Gasteiger partial charge < -0.3 is 14.2 Å². The number of benzene rings is 8. The van der Waals surface area contributed by atoms with Gasteiger partial charge in [0, 0.05) is 56.1 Å². The maximum atomic E-state index is 6.63. The highest BCUT2D eigenvalue weighted by atomic mass is 16.3. The van der Waals surface area contributed by atoms with E-state index in [1.54, 1.807) is 0 Å². The van der Waals surface area contributed by atoms with E-state index in [0.29, 0.717) is 5.92 Å². The number of fused-ring (bicyclic) bond motifs is 6. The molecule has 9 aromatic rings. The Balaban J connectivity index is 1.10. The standard InChI is InChI=1S/C54H38N2O/c1-2-17-37(18-3-1)38-19-14-21-40(35-38)55(50-31-10-7-26-45(50)47-28-16-29-48-46-27-8-13-34-53(46)57-54(47)48)41-22-15-20-39(36-41)42-23-4-9-30-49(42)56-51-32-11-5-24-43(51)44-25-6-12-33-52(44)56/h1-36,43,51H. The molecule has 2 aliphatic rings. The molecule has 0 spiro atoms. The molecule has 270 valence electrons. The van der Waals surface area contributed by atoms with Crippen LogP contribution in [-0.2, 0) is 0 Å². The minimum Gasteiger partial charge on any atom is -0.455 e. The first-order valence-corrected chi connectivity index (χ1v) is 19.7. The van der Waals surface area contributed by atoms with E-state index in [9.17, 15) is 0 Å². The van der Waals surface area contributed by atoms with Gasteiger partial charge in [-0.1, -0.05) is 170 Å². The second-order valence-electron chi connectivity index (χ2n) is 14.8. The van der Waals surface area contributed by atoms with E-state index in [0.717, 1.165) is 61.3 Å². The molecule has 1 aliphatic carbocycles. The van der Waals surface area contributed by atoms with Crippen molar-refractivity contribution in [2.75, 3.05) is 9.80 Å². The first kappa shape index (κ1) is 33.0. The van der Waals surface area contributed by atoms with Crippen molar-refractivity contribution in [2.45, 2.75) is 12.0 Å². The van der Waals surface area contributed by atoms with Crippen LogP contribution in [0.25, 0.3) is 55.3 Å². The number of nitrogens with zero attached hydrogens (tertiary/aromatic N) is 2. The summed E-state index contributed by atoms with van der Waals surface area (Å²) in [7, 11) is 0. The van der Waals surface area contributed by atoms with Gasteiger partial charge in [-0.3, -0.25) is 0 Å². The topological polar surface area (TPSA) is 19.6 Å². The Kier molecular flexibility index (Phi) is 7.96. The van der Waals surface area contributed by atoms with Gasteiger partial charge in [-0.05, 0) is 70.8 Å². The van der Waals surface area contributed by atoms with Gasteiger partial charge in [-0.15, -0.1) is 0 Å². The Morgan fingerprint density at radius 3 is 1.93 bits per heavy atom. The predicted molar refractivity (Wildman–Crippen MR) is 238 cm³/mol. The molecule has 2 atom stereocenters. The molecule has 3 nitrogen and oxygen atoms in total. The van der Waals surface area contributed by atoms with Gasteiger partial charge in [-0.2, -0.15) is 0 Å². The summed E-state index contributed by atoms with van der Waals surface area (Å²) in [4.78, 5) is 4.94. The van der Waals surface area contributed by atoms with Crippen molar-refractivity contribution in [1.82, 2.24) is 0 Å². The third-order valence-electron chi connectivity index (χ3n) is 11.6. The minimum atomic E-state index is 0.210. The van der Waals surface area contributed by atoms with Gasteiger partial charge in [-0.25, -0.2) is 0 Å². The largest absolute Gasteiger partial charge is 0.455 e. The number of furan rings is 1. The lowest BCUT2D eigenvalue weighted by Crippen LogP contribution is -2.28. The Morgan fingerprint density at radius 1 is 0.439 bits per heavy atom. The molecule has 8 aromatic carbocycles. The minimum absolute atomic E-state index is 0.210. The van der Waals surface area contributed by atoms with Crippen molar-refractivity contribution in [2.24, 2.45) is 0 Å². The van der Waals surface area contributed by atoms with Crippen molar-refractivity contribution in [3.8, 4) is 33.4 Å². The average molecular weight is 731 g/mol. The van der Waals surface area contributed by atoms with Crippen molar-refractivity contribution < 1.29 is 4.42 Å². The van der Waals surface area contributed by atoms with Crippen LogP contribution in [-0.4, -0.2) is 6.04 Å². The van der Waals surface area contributed by atoms with Crippen molar-refractivity contribution >= 4 is 50.4 Å². The van der Waals surface area contributed by atoms with Crippen LogP contribution >= 0.6 is 0 Å². The SMILES string of the molecule is C1=CC2c3ccccc3N(c3ccccc3-c3cccc(N(c4cccc(-c5ccccc5)c4)c4ccccc4-c4cccc5c4oc4ccccc45)c3)C2C=C1. The highest BCUT2D eigenvalue weighted by molar-refractivity contribution is 6.11. The zero-order chi connectivity index (χ0) is 37.7. The molecule has 1 aliphatic heterocycles. The Bertz CT molecular complexity index is 3010. The monoisotopic (exact) mass is 730 g/mol. The van der Waals surface area contributed by atoms with Crippen molar-refractivity contribution in [1.29, 1.82) is 0 Å². The third-order valence-corrected chi connectivity index (χ3v) is 11.6. The van der Waals surface area contributed by atoms with E-state index in [2.05, 4.69) is 222 Å². The molecule has 1 aromatic heterocycles. The van der Waals surface area contributed by atoms with Crippen LogP contribution in [0.4, 0.5) is 28.4 Å². The Hall–Kier alpha value is -7.36. The van der Waals surface area contributed by atoms with E-state index in [-0.39, 0.29) is 6.04 Å². The molecular formula is C54H38N2O. The molecule has 2 heterocycles. The molecule has 0 saturated carbocycles. The van der Waals surface area contributed by atoms with Gasteiger partial charge in [0.05, 0.1) is 11.7 Å². The number of allylic oxidation sites excluding steroid dienone is 2. The number of rotatable bonds is 7. The Morgan fingerprint density at radius 2 is 1.05 bits per heavy atom. The molecule has 0 fully saturated rings. The number of hydrogen-bond acceptors (Lipinski definition) is 3. The van der Waals surface area contributed by atoms with Gasteiger partial charge >= 0.3 is 0 Å². The van der Waals surface area contributed by atoms with Gasteiger partial charge in [0.2, 0.25) is 0 Å². The molecule has 0 radical (unpaired) electrons. The fourth-order valence-electron chi connectivity index (χ4n) is 9.05. The molecule has 0 N–H and O–H groups in total. The quantitative estimate of drug-likeness (QED) is 0.163. The van der Waals surface area contributed by atoms with Crippen LogP contribution in [0, 0.1) is 0 Å². The van der Waals surface area contributed by atoms with E-state index < -0.39 is 0 Å². The van der Waals surface area contributed by atoms with Gasteiger partial charge in [0.15, 0.2) is 0 Å². The summed E-state index contributed by atoms with van der Waals surface area (Å²) in [5.41, 5.74) is 15.6. The maximum Gasteiger partial charge on any atom is 0.143 e. The fraction of sp³-hybridized carbons (Fsp3) is 0.0370. The van der Waals surface area contributed by atoms with Gasteiger partial charge in [0.1, 0.15) is 11.2 Å². The fourth-order valence-corrected chi connectivity index (χ4v) is 9.05. The smallest absolute Gasteiger partial charge is 0.143 e. The lowest BCUT2D eigenvalue weighted by atomic mass is 9.91. The lowest BCUT2D eigenvalue weighted by Gasteiger charge is -2.31. The second kappa shape index (κ2) is 13.7. The van der Waals surface area contributed by atoms with Crippen LogP contribution in [0.1, 0.15) is 11.5 Å². The molecule has 3 heteroatoms. The van der Waals surface area contributed by atoms with E-state index in [4.69, 9.17) is 4.42 Å². The first-order valence-electron chi connectivity index (χ1n) is 19.7. The molecule has 2 unspecified atom stereocenters. The highest BCUT2D eigenvalue weighted by Crippen LogP contribution is 2.51. The summed E-state index contributed by atoms with van der Waals surface area (Å²) in [6.45, 7) is 0. The zero-order valence-electron chi connectivity index (χ0n) is 31.2. The van der Waals surface area contributed by atoms with Gasteiger partial charge in [0.25, 0.3) is 0 Å². The molecule has 57 heavy (non-hydrogen) atoms. The zero-order valence-corrected chi connectivity index (χ0v) is 31.2. The predicted octanol–water partition coefficient (Wildman–Crippen LogP) is 14.8. The van der Waals surface area contributed by atoms with Crippen LogP contribution in [0.5, 0.6) is 0 Å². The van der Waals surface area contributed by atoms with Crippen LogP contribution < -0.4 is 9.80 Å². The average Bonchev–Trinajstić information content (AvgIpc) is 3.83. The summed E-state index contributed by atoms with van der Waals surface area (Å²) >= 11 is 0. The summed E-state index contributed by atoms with van der Waals surface area (Å²) in [6, 6.07) is 70.0. The second-order valence-corrected chi connectivity index (χ2v) is 14.8. The first-order chi connectivity index (χ1) is 28.3. The van der Waals surface area contributed by atoms with Crippen LogP contribution in [0.15, 0.2) is 223 Å². The molecule has 0 bridgehead atoms. The number of para-hydroxylation sites is 5. The maximum absolute atomic E-state index is 6.63. The van der Waals surface area contributed by atoms with E-state index in [1.165, 1.54) is 28.1 Å². The van der Waals surface area contributed by atoms with E-state index in [1.807, 2.05) is 6.07 Å². The van der Waals surface area contributed by atoms with Crippen molar-refractivity contribution in [3.63, 3.8) is 0 Å². The van der Waals surface area contributed by atoms with Crippen LogP contribution in [0.2, 0.25) is 0 Å². The summed E-state index contributed by atoms with van der Waals surface area (Å²) in [5, 5.41) is 2.24. The summed E-state index contributed by atoms with van der Waals surface area (Å²) < 4.78 is 6.63. The summed E-state index contributed by atoms with van der Waals surface area (Å²) in [5.74, 6) is 0.311. The van der Waals surface area contributed by atoms with Crippen molar-refractivity contribution in [3.05, 3.63) is 224 Å². The molecule has 0 saturated heterocycles. The number of hydrogen-bond donors (Lipinski definition) is 0. The van der Waals surface area contributed by atoms with E-state index >= 15 is 0 Å². The summed E-state index contributed by atoms with van der Waals surface area (Å²) in [6.07, 6.45) is 9.06. The Labute approximate surface area is 332 Å². The molecule has 11 rings (SSSR count). The van der Waals surface area contributed by atoms with Crippen LogP contribution in [0.3, 0.4) is 0 Å². The molecular weight excluding hydrogens is 693 g/mol. The highest BCUT2D eigenvalue weighted by Gasteiger charge is 2.38. The molecule has 0 amide bonds.